The molecular weight excluding hydrogens is 155 g/mol. The van der Waals surface area contributed by atoms with Crippen LogP contribution in [0.2, 0.25) is 6.32 Å². The van der Waals surface area contributed by atoms with Crippen molar-refractivity contribution in [3.8, 4) is 0 Å². The summed E-state index contributed by atoms with van der Waals surface area (Å²) in [6, 6.07) is 8.82. The second kappa shape index (κ2) is 3.57. The zero-order valence-electron chi connectivity index (χ0n) is 8.46. The number of benzene rings is 1. The van der Waals surface area contributed by atoms with Gasteiger partial charge in [-0.25, -0.2) is 0 Å². The van der Waals surface area contributed by atoms with Crippen molar-refractivity contribution in [1.82, 2.24) is 0 Å². The summed E-state index contributed by atoms with van der Waals surface area (Å²) in [5, 5.41) is 0. The van der Waals surface area contributed by atoms with Gasteiger partial charge in [0, 0.05) is 0 Å². The van der Waals surface area contributed by atoms with E-state index in [2.05, 4.69) is 45.4 Å². The highest BCUT2D eigenvalue weighted by Gasteiger charge is 2.22. The van der Waals surface area contributed by atoms with Gasteiger partial charge in [-0.1, -0.05) is 61.9 Å². The van der Waals surface area contributed by atoms with Crippen LogP contribution in [-0.4, -0.2) is 7.28 Å². The van der Waals surface area contributed by atoms with Gasteiger partial charge in [0.1, 0.15) is 0 Å². The molecule has 1 aromatic rings. The standard InChI is InChI=1S/C12H16B/c1-9(2)10-7-8-13-12-6-4-3-5-11(10)12/h3-6,9-10H,7-8H2,1-2H3. The van der Waals surface area contributed by atoms with Crippen molar-refractivity contribution in [2.75, 3.05) is 0 Å². The van der Waals surface area contributed by atoms with Gasteiger partial charge in [0.25, 0.3) is 0 Å². The van der Waals surface area contributed by atoms with Crippen LogP contribution in [-0.2, 0) is 0 Å². The summed E-state index contributed by atoms with van der Waals surface area (Å²) in [5.74, 6) is 1.55. The normalized spacial score (nSPS) is 21.0. The zero-order chi connectivity index (χ0) is 9.26. The van der Waals surface area contributed by atoms with E-state index in [0.717, 1.165) is 11.8 Å². The SMILES string of the molecule is CC(C)C1CC[B]c2ccccc21. The molecule has 1 radical (unpaired) electrons. The minimum Gasteiger partial charge on any atom is -0.0844 e. The van der Waals surface area contributed by atoms with Crippen molar-refractivity contribution >= 4 is 12.7 Å². The molecule has 1 aliphatic heterocycles. The van der Waals surface area contributed by atoms with E-state index in [-0.39, 0.29) is 0 Å². The van der Waals surface area contributed by atoms with Crippen LogP contribution in [0.15, 0.2) is 24.3 Å². The summed E-state index contributed by atoms with van der Waals surface area (Å²) in [6.45, 7) is 4.65. The van der Waals surface area contributed by atoms with E-state index >= 15 is 0 Å². The van der Waals surface area contributed by atoms with Crippen LogP contribution < -0.4 is 5.46 Å². The Hall–Kier alpha value is -0.715. The zero-order valence-corrected chi connectivity index (χ0v) is 8.46. The minimum atomic E-state index is 0.773. The maximum absolute atomic E-state index is 2.37. The first-order valence-corrected chi connectivity index (χ1v) is 5.21. The molecule has 1 aromatic carbocycles. The van der Waals surface area contributed by atoms with E-state index in [4.69, 9.17) is 0 Å². The summed E-state index contributed by atoms with van der Waals surface area (Å²) in [4.78, 5) is 0. The number of hydrogen-bond donors (Lipinski definition) is 0. The van der Waals surface area contributed by atoms with Crippen molar-refractivity contribution in [3.05, 3.63) is 29.8 Å². The predicted octanol–water partition coefficient (Wildman–Crippen LogP) is 2.58. The van der Waals surface area contributed by atoms with Crippen molar-refractivity contribution in [3.63, 3.8) is 0 Å². The monoisotopic (exact) mass is 171 g/mol. The van der Waals surface area contributed by atoms with Gasteiger partial charge in [-0.05, 0) is 11.8 Å². The molecule has 0 spiro atoms. The van der Waals surface area contributed by atoms with Gasteiger partial charge in [0.15, 0.2) is 7.28 Å². The maximum atomic E-state index is 2.37. The summed E-state index contributed by atoms with van der Waals surface area (Å²) in [5.41, 5.74) is 3.02. The summed E-state index contributed by atoms with van der Waals surface area (Å²) < 4.78 is 0. The fourth-order valence-corrected chi connectivity index (χ4v) is 2.30. The molecule has 13 heavy (non-hydrogen) atoms. The Labute approximate surface area is 81.6 Å². The van der Waals surface area contributed by atoms with Crippen molar-refractivity contribution < 1.29 is 0 Å². The van der Waals surface area contributed by atoms with E-state index in [1.165, 1.54) is 18.2 Å². The molecule has 1 atom stereocenters. The third kappa shape index (κ3) is 1.65. The molecule has 0 saturated carbocycles. The van der Waals surface area contributed by atoms with Gasteiger partial charge in [0.05, 0.1) is 0 Å². The molecule has 1 unspecified atom stereocenters. The molecule has 0 saturated heterocycles. The lowest BCUT2D eigenvalue weighted by atomic mass is 9.56. The average molecular weight is 171 g/mol. The topological polar surface area (TPSA) is 0 Å². The Morgan fingerprint density at radius 2 is 2.08 bits per heavy atom. The maximum Gasteiger partial charge on any atom is 0.152 e. The van der Waals surface area contributed by atoms with E-state index in [1.807, 2.05) is 0 Å². The Morgan fingerprint density at radius 3 is 2.85 bits per heavy atom. The first kappa shape index (κ1) is 8.86. The van der Waals surface area contributed by atoms with Crippen molar-refractivity contribution in [2.45, 2.75) is 32.5 Å². The Kier molecular flexibility index (Phi) is 2.43. The number of hydrogen-bond acceptors (Lipinski definition) is 0. The smallest absolute Gasteiger partial charge is 0.0844 e. The second-order valence-corrected chi connectivity index (χ2v) is 4.26. The average Bonchev–Trinajstić information content (AvgIpc) is 2.17. The third-order valence-corrected chi connectivity index (χ3v) is 3.04. The van der Waals surface area contributed by atoms with Crippen LogP contribution in [0.1, 0.15) is 31.7 Å². The molecule has 0 amide bonds. The van der Waals surface area contributed by atoms with E-state index in [9.17, 15) is 0 Å². The van der Waals surface area contributed by atoms with Gasteiger partial charge in [-0.2, -0.15) is 0 Å². The van der Waals surface area contributed by atoms with Gasteiger partial charge in [-0.3, -0.25) is 0 Å². The van der Waals surface area contributed by atoms with Crippen molar-refractivity contribution in [1.29, 1.82) is 0 Å². The van der Waals surface area contributed by atoms with E-state index < -0.39 is 0 Å². The predicted molar refractivity (Wildman–Crippen MR) is 58.8 cm³/mol. The minimum absolute atomic E-state index is 0.773. The van der Waals surface area contributed by atoms with Gasteiger partial charge < -0.3 is 0 Å². The summed E-state index contributed by atoms with van der Waals surface area (Å²) >= 11 is 0. The Balaban J connectivity index is 2.37. The Bertz CT molecular complexity index is 291. The highest BCUT2D eigenvalue weighted by molar-refractivity contribution is 6.54. The highest BCUT2D eigenvalue weighted by Crippen LogP contribution is 2.30. The molecule has 1 heteroatoms. The Morgan fingerprint density at radius 1 is 1.31 bits per heavy atom. The fourth-order valence-electron chi connectivity index (χ4n) is 2.30. The molecule has 1 aliphatic rings. The molecule has 67 valence electrons. The first-order chi connectivity index (χ1) is 6.29. The number of rotatable bonds is 1. The number of fused-ring (bicyclic) bond motifs is 1. The lowest BCUT2D eigenvalue weighted by Crippen LogP contribution is -2.28. The van der Waals surface area contributed by atoms with E-state index in [0.29, 0.717) is 0 Å². The highest BCUT2D eigenvalue weighted by atomic mass is 14.2. The molecule has 1 heterocycles. The quantitative estimate of drug-likeness (QED) is 0.569. The first-order valence-electron chi connectivity index (χ1n) is 5.21. The van der Waals surface area contributed by atoms with E-state index in [1.54, 1.807) is 5.56 Å². The molecular formula is C12H16B. The molecule has 0 bridgehead atoms. The lowest BCUT2D eigenvalue weighted by Gasteiger charge is -2.28. The van der Waals surface area contributed by atoms with Crippen LogP contribution >= 0.6 is 0 Å². The van der Waals surface area contributed by atoms with Crippen LogP contribution in [0.25, 0.3) is 0 Å². The second-order valence-electron chi connectivity index (χ2n) is 4.26. The summed E-state index contributed by atoms with van der Waals surface area (Å²) in [6.07, 6.45) is 2.58. The van der Waals surface area contributed by atoms with Crippen LogP contribution in [0, 0.1) is 5.92 Å². The molecule has 0 fully saturated rings. The molecule has 0 nitrogen and oxygen atoms in total. The van der Waals surface area contributed by atoms with Crippen LogP contribution in [0.5, 0.6) is 0 Å². The van der Waals surface area contributed by atoms with Gasteiger partial charge in [-0.15, -0.1) is 0 Å². The summed E-state index contributed by atoms with van der Waals surface area (Å²) in [7, 11) is 2.37. The van der Waals surface area contributed by atoms with Gasteiger partial charge in [0.2, 0.25) is 0 Å². The fraction of sp³-hybridized carbons (Fsp3) is 0.500. The molecule has 0 aromatic heterocycles. The van der Waals surface area contributed by atoms with Crippen LogP contribution in [0.3, 0.4) is 0 Å². The van der Waals surface area contributed by atoms with Crippen LogP contribution in [0.4, 0.5) is 0 Å². The molecule has 0 aliphatic carbocycles. The van der Waals surface area contributed by atoms with Crippen molar-refractivity contribution in [2.24, 2.45) is 5.92 Å². The lowest BCUT2D eigenvalue weighted by molar-refractivity contribution is 0.483. The molecule has 0 N–H and O–H groups in total. The van der Waals surface area contributed by atoms with Gasteiger partial charge >= 0.3 is 0 Å². The third-order valence-electron chi connectivity index (χ3n) is 3.04. The molecule has 2 rings (SSSR count). The largest absolute Gasteiger partial charge is 0.152 e.